The number of hydrogen-bond acceptors (Lipinski definition) is 3. The Kier molecular flexibility index (Phi) is 4.22. The van der Waals surface area contributed by atoms with Crippen molar-refractivity contribution in [1.82, 2.24) is 16.0 Å². The van der Waals surface area contributed by atoms with E-state index in [0.717, 1.165) is 25.0 Å². The minimum Gasteiger partial charge on any atom is -0.316 e. The zero-order valence-corrected chi connectivity index (χ0v) is 9.02. The zero-order valence-electron chi connectivity index (χ0n) is 9.02. The lowest BCUT2D eigenvalue weighted by molar-refractivity contribution is 0.332. The fourth-order valence-electron chi connectivity index (χ4n) is 2.62. The molecule has 0 aliphatic carbocycles. The van der Waals surface area contributed by atoms with Crippen LogP contribution in [0.15, 0.2) is 0 Å². The van der Waals surface area contributed by atoms with Gasteiger partial charge in [-0.3, -0.25) is 0 Å². The largest absolute Gasteiger partial charge is 0.316 e. The number of nitrogens with one attached hydrogen (secondary N) is 3. The van der Waals surface area contributed by atoms with Crippen LogP contribution in [0.4, 0.5) is 0 Å². The molecule has 0 bridgehead atoms. The van der Waals surface area contributed by atoms with Gasteiger partial charge < -0.3 is 16.0 Å². The van der Waals surface area contributed by atoms with E-state index in [2.05, 4.69) is 16.0 Å². The van der Waals surface area contributed by atoms with Gasteiger partial charge in [0.1, 0.15) is 0 Å². The molecule has 3 N–H and O–H groups in total. The molecule has 0 spiro atoms. The molecule has 3 heteroatoms. The second-order valence-corrected chi connectivity index (χ2v) is 4.56. The van der Waals surface area contributed by atoms with Crippen LogP contribution in [0.1, 0.15) is 25.7 Å². The van der Waals surface area contributed by atoms with Gasteiger partial charge in [-0.2, -0.15) is 0 Å². The van der Waals surface area contributed by atoms with Crippen LogP contribution >= 0.6 is 0 Å². The van der Waals surface area contributed by atoms with Gasteiger partial charge in [-0.1, -0.05) is 6.42 Å². The van der Waals surface area contributed by atoms with Crippen molar-refractivity contribution in [2.24, 2.45) is 5.92 Å². The molecule has 2 aliphatic rings. The van der Waals surface area contributed by atoms with Crippen molar-refractivity contribution in [1.29, 1.82) is 0 Å². The van der Waals surface area contributed by atoms with E-state index in [9.17, 15) is 0 Å². The van der Waals surface area contributed by atoms with Gasteiger partial charge in [0.15, 0.2) is 0 Å². The Morgan fingerprint density at radius 1 is 0.786 bits per heavy atom. The van der Waals surface area contributed by atoms with Gasteiger partial charge in [0.05, 0.1) is 0 Å². The first-order valence-corrected chi connectivity index (χ1v) is 6.11. The summed E-state index contributed by atoms with van der Waals surface area (Å²) in [6.07, 6.45) is 5.47. The first-order valence-electron chi connectivity index (χ1n) is 6.11. The van der Waals surface area contributed by atoms with Crippen LogP contribution in [-0.2, 0) is 0 Å². The second-order valence-electron chi connectivity index (χ2n) is 4.56. The van der Waals surface area contributed by atoms with Crippen molar-refractivity contribution < 1.29 is 0 Å². The van der Waals surface area contributed by atoms with Crippen LogP contribution in [0.25, 0.3) is 0 Å². The average Bonchev–Trinajstić information content (AvgIpc) is 2.62. The highest BCUT2D eigenvalue weighted by molar-refractivity contribution is 4.82. The van der Waals surface area contributed by atoms with Crippen molar-refractivity contribution in [3.8, 4) is 0 Å². The smallest absolute Gasteiger partial charge is 0.0120 e. The highest BCUT2D eigenvalue weighted by atomic mass is 15.0. The molecule has 14 heavy (non-hydrogen) atoms. The molecular formula is C11H23N3. The summed E-state index contributed by atoms with van der Waals surface area (Å²) in [7, 11) is 0. The zero-order chi connectivity index (χ0) is 9.64. The van der Waals surface area contributed by atoms with Crippen molar-refractivity contribution in [2.45, 2.75) is 31.7 Å². The molecule has 0 radical (unpaired) electrons. The van der Waals surface area contributed by atoms with Gasteiger partial charge >= 0.3 is 0 Å². The molecule has 2 atom stereocenters. The van der Waals surface area contributed by atoms with E-state index in [1.54, 1.807) is 0 Å². The summed E-state index contributed by atoms with van der Waals surface area (Å²) >= 11 is 0. The van der Waals surface area contributed by atoms with Crippen LogP contribution in [0, 0.1) is 5.92 Å². The van der Waals surface area contributed by atoms with E-state index in [1.807, 2.05) is 0 Å². The van der Waals surface area contributed by atoms with Crippen LogP contribution in [0.3, 0.4) is 0 Å². The van der Waals surface area contributed by atoms with Crippen molar-refractivity contribution in [3.05, 3.63) is 0 Å². The molecule has 0 aromatic carbocycles. The summed E-state index contributed by atoms with van der Waals surface area (Å²) in [4.78, 5) is 0. The molecule has 0 amide bonds. The third-order valence-electron chi connectivity index (χ3n) is 3.49. The van der Waals surface area contributed by atoms with Crippen LogP contribution in [0.5, 0.6) is 0 Å². The molecule has 2 rings (SSSR count). The van der Waals surface area contributed by atoms with Crippen molar-refractivity contribution in [2.75, 3.05) is 32.7 Å². The monoisotopic (exact) mass is 197 g/mol. The summed E-state index contributed by atoms with van der Waals surface area (Å²) in [5, 5.41) is 10.7. The lowest BCUT2D eigenvalue weighted by atomic mass is 9.92. The van der Waals surface area contributed by atoms with Gasteiger partial charge in [-0.25, -0.2) is 0 Å². The van der Waals surface area contributed by atoms with Gasteiger partial charge in [-0.15, -0.1) is 0 Å². The summed E-state index contributed by atoms with van der Waals surface area (Å²) in [5.74, 6) is 0.859. The normalized spacial score (nSPS) is 36.0. The number of hydrogen-bond donors (Lipinski definition) is 3. The standard InChI is InChI=1S/C11H23N3/c1-2-5-13-9-10(3-1)11-4-6-12-7-8-14-11/h10-14H,1-9H2. The van der Waals surface area contributed by atoms with E-state index in [0.29, 0.717) is 0 Å². The van der Waals surface area contributed by atoms with E-state index in [4.69, 9.17) is 0 Å². The van der Waals surface area contributed by atoms with Crippen LogP contribution in [0.2, 0.25) is 0 Å². The van der Waals surface area contributed by atoms with Gasteiger partial charge in [-0.05, 0) is 44.8 Å². The molecule has 0 saturated carbocycles. The lowest BCUT2D eigenvalue weighted by Gasteiger charge is -2.25. The van der Waals surface area contributed by atoms with E-state index >= 15 is 0 Å². The Morgan fingerprint density at radius 2 is 1.79 bits per heavy atom. The molecule has 2 saturated heterocycles. The highest BCUT2D eigenvalue weighted by Gasteiger charge is 2.22. The fourth-order valence-corrected chi connectivity index (χ4v) is 2.62. The molecule has 3 nitrogen and oxygen atoms in total. The first kappa shape index (κ1) is 10.4. The maximum absolute atomic E-state index is 3.68. The SMILES string of the molecule is C1CCC(C2CCNCCN2)CNC1. The second kappa shape index (κ2) is 5.69. The maximum atomic E-state index is 3.68. The summed E-state index contributed by atoms with van der Waals surface area (Å²) in [6.45, 7) is 5.91. The van der Waals surface area contributed by atoms with Crippen LogP contribution in [-0.4, -0.2) is 38.8 Å². The number of rotatable bonds is 1. The third-order valence-corrected chi connectivity index (χ3v) is 3.49. The Morgan fingerprint density at radius 3 is 2.79 bits per heavy atom. The van der Waals surface area contributed by atoms with Crippen molar-refractivity contribution in [3.63, 3.8) is 0 Å². The minimum atomic E-state index is 0.746. The fraction of sp³-hybridized carbons (Fsp3) is 1.00. The molecule has 0 aromatic heterocycles. The van der Waals surface area contributed by atoms with Crippen molar-refractivity contribution >= 4 is 0 Å². The van der Waals surface area contributed by atoms with Crippen LogP contribution < -0.4 is 16.0 Å². The molecule has 82 valence electrons. The maximum Gasteiger partial charge on any atom is 0.0120 e. The topological polar surface area (TPSA) is 36.1 Å². The van der Waals surface area contributed by atoms with Gasteiger partial charge in [0, 0.05) is 19.1 Å². The Hall–Kier alpha value is -0.120. The average molecular weight is 197 g/mol. The minimum absolute atomic E-state index is 0.746. The molecule has 2 unspecified atom stereocenters. The predicted molar refractivity (Wildman–Crippen MR) is 59.5 cm³/mol. The third kappa shape index (κ3) is 2.94. The van der Waals surface area contributed by atoms with E-state index in [-0.39, 0.29) is 0 Å². The summed E-state index contributed by atoms with van der Waals surface area (Å²) in [5.41, 5.74) is 0. The lowest BCUT2D eigenvalue weighted by Crippen LogP contribution is -2.40. The quantitative estimate of drug-likeness (QED) is 0.567. The summed E-state index contributed by atoms with van der Waals surface area (Å²) in [6, 6.07) is 0.746. The van der Waals surface area contributed by atoms with Gasteiger partial charge in [0.2, 0.25) is 0 Å². The Balaban J connectivity index is 1.83. The molecule has 0 aromatic rings. The molecule has 2 aliphatic heterocycles. The van der Waals surface area contributed by atoms with Gasteiger partial charge in [0.25, 0.3) is 0 Å². The first-order chi connectivity index (χ1) is 6.97. The summed E-state index contributed by atoms with van der Waals surface area (Å²) < 4.78 is 0. The molecule has 2 fully saturated rings. The predicted octanol–water partition coefficient (Wildman–Crippen LogP) is 0.328. The van der Waals surface area contributed by atoms with E-state index < -0.39 is 0 Å². The van der Waals surface area contributed by atoms with E-state index in [1.165, 1.54) is 45.3 Å². The molecular weight excluding hydrogens is 174 g/mol. The highest BCUT2D eigenvalue weighted by Crippen LogP contribution is 2.17. The Bertz CT molecular complexity index is 127. The molecule has 2 heterocycles. The Labute approximate surface area is 87.0 Å².